The summed E-state index contributed by atoms with van der Waals surface area (Å²) < 4.78 is 7.63. The van der Waals surface area contributed by atoms with Crippen LogP contribution in [0.15, 0.2) is 89.7 Å². The lowest BCUT2D eigenvalue weighted by Gasteiger charge is -2.33. The first-order valence-corrected chi connectivity index (χ1v) is 13.5. The summed E-state index contributed by atoms with van der Waals surface area (Å²) in [5.41, 5.74) is 4.19. The number of nitrogens with zero attached hydrogens (tertiary/aromatic N) is 3. The molecule has 0 radical (unpaired) electrons. The third kappa shape index (κ3) is 6.34. The highest BCUT2D eigenvalue weighted by Gasteiger charge is 2.26. The Kier molecular flexibility index (Phi) is 8.24. The minimum atomic E-state index is -0.251. The summed E-state index contributed by atoms with van der Waals surface area (Å²) >= 11 is 0. The number of carbonyl (C=O) groups is 1. The number of nitrogens with one attached hydrogen (secondary N) is 1. The summed E-state index contributed by atoms with van der Waals surface area (Å²) in [5.74, 6) is 0.349. The van der Waals surface area contributed by atoms with Crippen LogP contribution in [0, 0.1) is 5.92 Å². The van der Waals surface area contributed by atoms with Gasteiger partial charge in [-0.3, -0.25) is 9.47 Å². The number of hydrogen-bond acceptors (Lipinski definition) is 4. The van der Waals surface area contributed by atoms with E-state index in [-0.39, 0.29) is 17.8 Å². The number of aromatic nitrogens is 2. The van der Waals surface area contributed by atoms with Gasteiger partial charge in [0.1, 0.15) is 6.61 Å². The lowest BCUT2D eigenvalue weighted by atomic mass is 9.97. The highest BCUT2D eigenvalue weighted by Crippen LogP contribution is 2.22. The molecule has 1 fully saturated rings. The number of imidazole rings is 1. The molecule has 7 heteroatoms. The topological polar surface area (TPSA) is 70.6 Å². The van der Waals surface area contributed by atoms with Gasteiger partial charge in [-0.05, 0) is 48.9 Å². The van der Waals surface area contributed by atoms with Crippen molar-refractivity contribution >= 4 is 17.1 Å². The van der Waals surface area contributed by atoms with Crippen LogP contribution in [0.25, 0.3) is 11.0 Å². The van der Waals surface area contributed by atoms with Gasteiger partial charge in [0, 0.05) is 38.8 Å². The first kappa shape index (κ1) is 25.8. The number of likely N-dealkylation sites (tertiary alicyclic amines) is 1. The maximum atomic E-state index is 12.9. The molecular formula is C31H36N4O3. The molecule has 1 unspecified atom stereocenters. The fourth-order valence-electron chi connectivity index (χ4n) is 5.24. The number of rotatable bonds is 9. The minimum Gasteiger partial charge on any atom is -0.448 e. The number of para-hydroxylation sites is 2. The van der Waals surface area contributed by atoms with Gasteiger partial charge in [0.25, 0.3) is 0 Å². The summed E-state index contributed by atoms with van der Waals surface area (Å²) in [4.78, 5) is 32.4. The normalized spacial score (nSPS) is 15.2. The van der Waals surface area contributed by atoms with Crippen LogP contribution >= 0.6 is 0 Å². The number of aromatic amines is 1. The van der Waals surface area contributed by atoms with Crippen molar-refractivity contribution in [3.05, 3.63) is 107 Å². The number of ether oxygens (including phenoxy) is 1. The van der Waals surface area contributed by atoms with Crippen LogP contribution in [-0.4, -0.2) is 51.2 Å². The third-order valence-corrected chi connectivity index (χ3v) is 7.52. The third-order valence-electron chi connectivity index (χ3n) is 7.52. The van der Waals surface area contributed by atoms with Crippen LogP contribution in [0.4, 0.5) is 4.79 Å². The Morgan fingerprint density at radius 2 is 1.50 bits per heavy atom. The molecule has 7 nitrogen and oxygen atoms in total. The number of amides is 1. The number of fused-ring (bicyclic) bond motifs is 1. The Hall–Kier alpha value is -3.84. The molecule has 198 valence electrons. The van der Waals surface area contributed by atoms with E-state index in [0.717, 1.165) is 37.0 Å². The van der Waals surface area contributed by atoms with Gasteiger partial charge in [0.2, 0.25) is 0 Å². The number of piperidine rings is 1. The predicted octanol–water partition coefficient (Wildman–Crippen LogP) is 5.27. The molecule has 1 atom stereocenters. The average molecular weight is 513 g/mol. The lowest BCUT2D eigenvalue weighted by molar-refractivity contribution is 0.0553. The summed E-state index contributed by atoms with van der Waals surface area (Å²) in [5, 5.41) is 0. The van der Waals surface area contributed by atoms with Crippen LogP contribution in [0.5, 0.6) is 0 Å². The van der Waals surface area contributed by atoms with E-state index < -0.39 is 0 Å². The van der Waals surface area contributed by atoms with Gasteiger partial charge in [-0.25, -0.2) is 9.59 Å². The Labute approximate surface area is 223 Å². The van der Waals surface area contributed by atoms with Crippen LogP contribution in [0.1, 0.15) is 30.9 Å². The molecule has 3 aromatic carbocycles. The lowest BCUT2D eigenvalue weighted by Crippen LogP contribution is -2.42. The van der Waals surface area contributed by atoms with Crippen molar-refractivity contribution in [3.63, 3.8) is 0 Å². The van der Waals surface area contributed by atoms with Crippen LogP contribution in [-0.2, 0) is 24.4 Å². The van der Waals surface area contributed by atoms with Crippen molar-refractivity contribution in [2.24, 2.45) is 5.92 Å². The molecule has 2 heterocycles. The number of carbonyl (C=O) groups excluding carboxylic acids is 1. The Bertz CT molecular complexity index is 1330. The molecular weight excluding hydrogens is 476 g/mol. The molecule has 1 saturated heterocycles. The molecule has 0 aliphatic carbocycles. The smallest absolute Gasteiger partial charge is 0.409 e. The van der Waals surface area contributed by atoms with Gasteiger partial charge < -0.3 is 14.6 Å². The Morgan fingerprint density at radius 1 is 0.921 bits per heavy atom. The van der Waals surface area contributed by atoms with E-state index in [9.17, 15) is 9.59 Å². The molecule has 38 heavy (non-hydrogen) atoms. The SMILES string of the molecule is CC(COC(=O)N1CCC(Cn2c(=O)[nH]c3ccccc32)CC1)N(Cc1ccccc1)Cc1ccccc1. The van der Waals surface area contributed by atoms with Crippen molar-refractivity contribution in [3.8, 4) is 0 Å². The van der Waals surface area contributed by atoms with Gasteiger partial charge in [-0.2, -0.15) is 0 Å². The van der Waals surface area contributed by atoms with Crippen LogP contribution in [0.3, 0.4) is 0 Å². The van der Waals surface area contributed by atoms with E-state index in [4.69, 9.17) is 4.74 Å². The second kappa shape index (κ2) is 12.1. The number of H-pyrrole nitrogens is 1. The average Bonchev–Trinajstić information content (AvgIpc) is 3.27. The van der Waals surface area contributed by atoms with Gasteiger partial charge in [0.15, 0.2) is 0 Å². The predicted molar refractivity (Wildman–Crippen MR) is 150 cm³/mol. The van der Waals surface area contributed by atoms with Crippen molar-refractivity contribution in [2.75, 3.05) is 19.7 Å². The molecule has 1 aromatic heterocycles. The van der Waals surface area contributed by atoms with Crippen molar-refractivity contribution < 1.29 is 9.53 Å². The molecule has 1 aliphatic heterocycles. The summed E-state index contributed by atoms with van der Waals surface area (Å²) in [6.45, 7) is 5.98. The maximum Gasteiger partial charge on any atom is 0.409 e. The van der Waals surface area contributed by atoms with E-state index in [1.54, 1.807) is 4.90 Å². The largest absolute Gasteiger partial charge is 0.448 e. The standard InChI is InChI=1S/C31H36N4O3/c1-24(34(20-25-10-4-2-5-11-25)21-26-12-6-3-7-13-26)23-38-31(37)33-18-16-27(17-19-33)22-35-29-15-9-8-14-28(29)32-30(35)36/h2-15,24,27H,16-23H2,1H3,(H,32,36). The van der Waals surface area contributed by atoms with Gasteiger partial charge >= 0.3 is 11.8 Å². The van der Waals surface area contributed by atoms with E-state index in [0.29, 0.717) is 32.2 Å². The van der Waals surface area contributed by atoms with E-state index in [1.807, 2.05) is 41.0 Å². The Balaban J connectivity index is 1.13. The zero-order chi connectivity index (χ0) is 26.3. The van der Waals surface area contributed by atoms with E-state index >= 15 is 0 Å². The Morgan fingerprint density at radius 3 is 2.13 bits per heavy atom. The highest BCUT2D eigenvalue weighted by atomic mass is 16.6. The highest BCUT2D eigenvalue weighted by molar-refractivity contribution is 5.74. The van der Waals surface area contributed by atoms with Crippen molar-refractivity contribution in [1.82, 2.24) is 19.4 Å². The fraction of sp³-hybridized carbons (Fsp3) is 0.355. The molecule has 5 rings (SSSR count). The number of hydrogen-bond donors (Lipinski definition) is 1. The second-order valence-corrected chi connectivity index (χ2v) is 10.3. The van der Waals surface area contributed by atoms with Gasteiger partial charge in [-0.1, -0.05) is 72.8 Å². The monoisotopic (exact) mass is 512 g/mol. The molecule has 4 aromatic rings. The van der Waals surface area contributed by atoms with E-state index in [2.05, 4.69) is 65.3 Å². The summed E-state index contributed by atoms with van der Waals surface area (Å²) in [6.07, 6.45) is 1.45. The quantitative estimate of drug-likeness (QED) is 0.332. The van der Waals surface area contributed by atoms with E-state index in [1.165, 1.54) is 11.1 Å². The van der Waals surface area contributed by atoms with Crippen molar-refractivity contribution in [2.45, 2.75) is 45.4 Å². The van der Waals surface area contributed by atoms with Crippen molar-refractivity contribution in [1.29, 1.82) is 0 Å². The van der Waals surface area contributed by atoms with Crippen LogP contribution in [0.2, 0.25) is 0 Å². The maximum absolute atomic E-state index is 12.9. The minimum absolute atomic E-state index is 0.0608. The molecule has 0 saturated carbocycles. The van der Waals surface area contributed by atoms with Gasteiger partial charge in [-0.15, -0.1) is 0 Å². The first-order valence-electron chi connectivity index (χ1n) is 13.5. The molecule has 1 amide bonds. The fourth-order valence-corrected chi connectivity index (χ4v) is 5.24. The molecule has 0 bridgehead atoms. The summed E-state index contributed by atoms with van der Waals surface area (Å²) in [6, 6.07) is 28.6. The molecule has 1 N–H and O–H groups in total. The second-order valence-electron chi connectivity index (χ2n) is 10.3. The van der Waals surface area contributed by atoms with Crippen LogP contribution < -0.4 is 5.69 Å². The zero-order valence-electron chi connectivity index (χ0n) is 22.0. The van der Waals surface area contributed by atoms with Gasteiger partial charge in [0.05, 0.1) is 11.0 Å². The first-order chi connectivity index (χ1) is 18.6. The zero-order valence-corrected chi connectivity index (χ0v) is 22.0. The molecule has 0 spiro atoms. The number of benzene rings is 3. The molecule has 1 aliphatic rings. The summed E-state index contributed by atoms with van der Waals surface area (Å²) in [7, 11) is 0.